The van der Waals surface area contributed by atoms with Gasteiger partial charge < -0.3 is 16.4 Å². The second kappa shape index (κ2) is 6.56. The SMILES string of the molecule is Cc1cc(Br)c(NC(=O)Nc2cc(Cl)cc(Cl)c2)cc1N. The van der Waals surface area contributed by atoms with E-state index < -0.39 is 6.03 Å². The van der Waals surface area contributed by atoms with Gasteiger partial charge in [0.1, 0.15) is 0 Å². The number of hydrogen-bond acceptors (Lipinski definition) is 2. The van der Waals surface area contributed by atoms with Crippen LogP contribution in [0.5, 0.6) is 0 Å². The highest BCUT2D eigenvalue weighted by atomic mass is 79.9. The molecule has 0 saturated carbocycles. The van der Waals surface area contributed by atoms with Crippen molar-refractivity contribution in [2.45, 2.75) is 6.92 Å². The maximum Gasteiger partial charge on any atom is 0.323 e. The molecule has 2 aromatic carbocycles. The molecule has 0 aliphatic rings. The largest absolute Gasteiger partial charge is 0.398 e. The minimum absolute atomic E-state index is 0.419. The molecule has 2 amide bonds. The summed E-state index contributed by atoms with van der Waals surface area (Å²) in [4.78, 5) is 12.0. The van der Waals surface area contributed by atoms with Crippen molar-refractivity contribution < 1.29 is 4.79 Å². The molecule has 4 nitrogen and oxygen atoms in total. The first-order valence-electron chi connectivity index (χ1n) is 5.95. The van der Waals surface area contributed by atoms with Crippen molar-refractivity contribution in [3.63, 3.8) is 0 Å². The molecule has 0 unspecified atom stereocenters. The van der Waals surface area contributed by atoms with Crippen molar-refractivity contribution in [3.05, 3.63) is 50.4 Å². The number of carbonyl (C=O) groups excluding carboxylic acids is 1. The van der Waals surface area contributed by atoms with Gasteiger partial charge in [0.15, 0.2) is 0 Å². The number of hydrogen-bond donors (Lipinski definition) is 3. The molecular formula is C14H12BrCl2N3O. The van der Waals surface area contributed by atoms with Crippen LogP contribution in [0.3, 0.4) is 0 Å². The highest BCUT2D eigenvalue weighted by Gasteiger charge is 2.09. The van der Waals surface area contributed by atoms with Gasteiger partial charge in [0.2, 0.25) is 0 Å². The van der Waals surface area contributed by atoms with Crippen LogP contribution in [0.4, 0.5) is 21.9 Å². The second-order valence-electron chi connectivity index (χ2n) is 4.43. The molecule has 2 aromatic rings. The summed E-state index contributed by atoms with van der Waals surface area (Å²) >= 11 is 15.1. The number of urea groups is 1. The third kappa shape index (κ3) is 4.27. The van der Waals surface area contributed by atoms with E-state index in [4.69, 9.17) is 28.9 Å². The molecule has 21 heavy (non-hydrogen) atoms. The third-order valence-electron chi connectivity index (χ3n) is 2.72. The van der Waals surface area contributed by atoms with Gasteiger partial charge in [-0.05, 0) is 58.7 Å². The van der Waals surface area contributed by atoms with E-state index in [1.807, 2.05) is 13.0 Å². The second-order valence-corrected chi connectivity index (χ2v) is 6.15. The Balaban J connectivity index is 2.13. The summed E-state index contributed by atoms with van der Waals surface area (Å²) in [7, 11) is 0. The van der Waals surface area contributed by atoms with E-state index in [2.05, 4.69) is 26.6 Å². The molecule has 0 aliphatic heterocycles. The van der Waals surface area contributed by atoms with Crippen LogP contribution in [0, 0.1) is 6.92 Å². The average molecular weight is 389 g/mol. The minimum atomic E-state index is -0.419. The van der Waals surface area contributed by atoms with Crippen LogP contribution >= 0.6 is 39.1 Å². The molecule has 0 saturated heterocycles. The molecule has 0 fully saturated rings. The Labute approximate surface area is 140 Å². The van der Waals surface area contributed by atoms with Gasteiger partial charge in [-0.25, -0.2) is 4.79 Å². The van der Waals surface area contributed by atoms with Gasteiger partial charge in [-0.15, -0.1) is 0 Å². The lowest BCUT2D eigenvalue weighted by Crippen LogP contribution is -2.19. The number of aryl methyl sites for hydroxylation is 1. The van der Waals surface area contributed by atoms with E-state index in [1.165, 1.54) is 0 Å². The lowest BCUT2D eigenvalue weighted by Gasteiger charge is -2.11. The molecule has 0 bridgehead atoms. The average Bonchev–Trinajstić information content (AvgIpc) is 2.34. The summed E-state index contributed by atoms with van der Waals surface area (Å²) in [5, 5.41) is 6.24. The van der Waals surface area contributed by atoms with Gasteiger partial charge in [0.25, 0.3) is 0 Å². The van der Waals surface area contributed by atoms with E-state index in [9.17, 15) is 4.79 Å². The van der Waals surface area contributed by atoms with Crippen LogP contribution in [-0.4, -0.2) is 6.03 Å². The van der Waals surface area contributed by atoms with Crippen LogP contribution in [0.2, 0.25) is 10.0 Å². The first kappa shape index (κ1) is 15.9. The molecule has 0 heterocycles. The monoisotopic (exact) mass is 387 g/mol. The molecule has 110 valence electrons. The molecule has 0 aromatic heterocycles. The fraction of sp³-hybridized carbons (Fsp3) is 0.0714. The third-order valence-corrected chi connectivity index (χ3v) is 3.82. The van der Waals surface area contributed by atoms with Crippen LogP contribution in [0.25, 0.3) is 0 Å². The fourth-order valence-corrected chi connectivity index (χ4v) is 2.78. The quantitative estimate of drug-likeness (QED) is 0.611. The molecule has 4 N–H and O–H groups in total. The lowest BCUT2D eigenvalue weighted by atomic mass is 10.2. The predicted molar refractivity (Wildman–Crippen MR) is 92.4 cm³/mol. The standard InChI is InChI=1S/C14H12BrCl2N3O/c1-7-2-11(15)13(6-12(7)18)20-14(21)19-10-4-8(16)3-9(17)5-10/h2-6H,18H2,1H3,(H2,19,20,21). The van der Waals surface area contributed by atoms with Crippen LogP contribution in [0.15, 0.2) is 34.8 Å². The van der Waals surface area contributed by atoms with Crippen molar-refractivity contribution in [2.75, 3.05) is 16.4 Å². The first-order chi connectivity index (χ1) is 9.85. The summed E-state index contributed by atoms with van der Waals surface area (Å²) < 4.78 is 0.744. The van der Waals surface area contributed by atoms with E-state index in [0.29, 0.717) is 27.1 Å². The molecule has 2 rings (SSSR count). The van der Waals surface area contributed by atoms with E-state index in [1.54, 1.807) is 24.3 Å². The van der Waals surface area contributed by atoms with Crippen LogP contribution < -0.4 is 16.4 Å². The Morgan fingerprint density at radius 3 is 2.33 bits per heavy atom. The van der Waals surface area contributed by atoms with Crippen molar-refractivity contribution >= 4 is 62.2 Å². The van der Waals surface area contributed by atoms with Crippen LogP contribution in [-0.2, 0) is 0 Å². The van der Waals surface area contributed by atoms with Gasteiger partial charge in [0, 0.05) is 25.9 Å². The molecule has 0 spiro atoms. The van der Waals surface area contributed by atoms with Crippen molar-refractivity contribution in [1.82, 2.24) is 0 Å². The number of nitrogens with one attached hydrogen (secondary N) is 2. The zero-order chi connectivity index (χ0) is 15.6. The molecule has 0 aliphatic carbocycles. The molecule has 0 radical (unpaired) electrons. The van der Waals surface area contributed by atoms with Gasteiger partial charge in [-0.3, -0.25) is 0 Å². The normalized spacial score (nSPS) is 10.3. The van der Waals surface area contributed by atoms with E-state index >= 15 is 0 Å². The number of carbonyl (C=O) groups is 1. The van der Waals surface area contributed by atoms with Crippen molar-refractivity contribution in [1.29, 1.82) is 0 Å². The fourth-order valence-electron chi connectivity index (χ4n) is 1.70. The number of anilines is 3. The first-order valence-corrected chi connectivity index (χ1v) is 7.50. The number of amides is 2. The molecule has 7 heteroatoms. The number of nitrogen functional groups attached to an aromatic ring is 1. The predicted octanol–water partition coefficient (Wildman–Crippen LogP) is 5.29. The zero-order valence-electron chi connectivity index (χ0n) is 11.0. The summed E-state index contributed by atoms with van der Waals surface area (Å²) in [5.74, 6) is 0. The zero-order valence-corrected chi connectivity index (χ0v) is 14.1. The summed E-state index contributed by atoms with van der Waals surface area (Å²) in [6.45, 7) is 1.89. The maximum absolute atomic E-state index is 12.0. The Kier molecular flexibility index (Phi) is 4.98. The number of rotatable bonds is 2. The summed E-state index contributed by atoms with van der Waals surface area (Å²) in [6.07, 6.45) is 0. The maximum atomic E-state index is 12.0. The molecule has 0 atom stereocenters. The highest BCUT2D eigenvalue weighted by molar-refractivity contribution is 9.10. The van der Waals surface area contributed by atoms with E-state index in [0.717, 1.165) is 10.0 Å². The minimum Gasteiger partial charge on any atom is -0.398 e. The van der Waals surface area contributed by atoms with Gasteiger partial charge in [-0.1, -0.05) is 23.2 Å². The molecular weight excluding hydrogens is 377 g/mol. The number of halogens is 3. The summed E-state index contributed by atoms with van der Waals surface area (Å²) in [5.41, 5.74) is 8.43. The van der Waals surface area contributed by atoms with Crippen LogP contribution in [0.1, 0.15) is 5.56 Å². The topological polar surface area (TPSA) is 67.2 Å². The lowest BCUT2D eigenvalue weighted by molar-refractivity contribution is 0.262. The van der Waals surface area contributed by atoms with Gasteiger partial charge in [-0.2, -0.15) is 0 Å². The summed E-state index contributed by atoms with van der Waals surface area (Å²) in [6, 6.07) is 7.89. The number of benzene rings is 2. The number of nitrogens with two attached hydrogens (primary N) is 1. The Morgan fingerprint density at radius 1 is 1.10 bits per heavy atom. The van der Waals surface area contributed by atoms with E-state index in [-0.39, 0.29) is 0 Å². The Hall–Kier alpha value is -1.43. The van der Waals surface area contributed by atoms with Gasteiger partial charge in [0.05, 0.1) is 5.69 Å². The highest BCUT2D eigenvalue weighted by Crippen LogP contribution is 2.28. The van der Waals surface area contributed by atoms with Gasteiger partial charge >= 0.3 is 6.03 Å². The Morgan fingerprint density at radius 2 is 1.71 bits per heavy atom. The van der Waals surface area contributed by atoms with Crippen molar-refractivity contribution in [3.8, 4) is 0 Å². The smallest absolute Gasteiger partial charge is 0.323 e. The van der Waals surface area contributed by atoms with Crippen molar-refractivity contribution in [2.24, 2.45) is 0 Å². The Bertz CT molecular complexity index is 687.